The fourth-order valence-electron chi connectivity index (χ4n) is 3.44. The first-order chi connectivity index (χ1) is 12.1. The molecule has 1 aromatic carbocycles. The minimum Gasteiger partial charge on any atom is -0.348 e. The van der Waals surface area contributed by atoms with Crippen molar-refractivity contribution in [3.8, 4) is 5.69 Å². The average Bonchev–Trinajstić information content (AvgIpc) is 3.36. The van der Waals surface area contributed by atoms with Crippen molar-refractivity contribution in [3.05, 3.63) is 46.2 Å². The molecule has 2 aliphatic rings. The predicted octanol–water partition coefficient (Wildman–Crippen LogP) is 3.62. The number of rotatable bonds is 4. The first kappa shape index (κ1) is 19.2. The highest BCUT2D eigenvalue weighted by atomic mass is 35.5. The average molecular weight is 395 g/mol. The monoisotopic (exact) mass is 394 g/mol. The zero-order valence-electron chi connectivity index (χ0n) is 14.8. The molecule has 5 nitrogen and oxygen atoms in total. The minimum absolute atomic E-state index is 0. The summed E-state index contributed by atoms with van der Waals surface area (Å²) in [6.45, 7) is 3.85. The van der Waals surface area contributed by atoms with E-state index in [4.69, 9.17) is 11.6 Å². The Balaban J connectivity index is 0.00000196. The molecule has 2 fully saturated rings. The fraction of sp³-hybridized carbons (Fsp3) is 0.474. The summed E-state index contributed by atoms with van der Waals surface area (Å²) in [5.41, 5.74) is 3.66. The van der Waals surface area contributed by atoms with Gasteiger partial charge in [-0.2, -0.15) is 5.10 Å². The number of aromatic nitrogens is 2. The Morgan fingerprint density at radius 1 is 1.35 bits per heavy atom. The largest absolute Gasteiger partial charge is 0.348 e. The molecule has 0 radical (unpaired) electrons. The Kier molecular flexibility index (Phi) is 5.90. The third kappa shape index (κ3) is 3.90. The molecule has 4 rings (SSSR count). The van der Waals surface area contributed by atoms with Crippen molar-refractivity contribution in [2.45, 2.75) is 44.6 Å². The van der Waals surface area contributed by atoms with E-state index in [-0.39, 0.29) is 24.4 Å². The van der Waals surface area contributed by atoms with Gasteiger partial charge in [-0.05, 0) is 56.8 Å². The maximum Gasteiger partial charge on any atom is 0.255 e. The first-order valence-electron chi connectivity index (χ1n) is 8.99. The molecule has 26 heavy (non-hydrogen) atoms. The number of amides is 1. The molecule has 7 heteroatoms. The molecule has 2 aromatic rings. The van der Waals surface area contributed by atoms with Crippen molar-refractivity contribution in [1.82, 2.24) is 20.4 Å². The van der Waals surface area contributed by atoms with E-state index < -0.39 is 0 Å². The zero-order chi connectivity index (χ0) is 17.4. The predicted molar refractivity (Wildman–Crippen MR) is 106 cm³/mol. The number of benzene rings is 1. The van der Waals surface area contributed by atoms with Crippen molar-refractivity contribution in [2.24, 2.45) is 0 Å². The van der Waals surface area contributed by atoms with Gasteiger partial charge in [0.05, 0.1) is 23.1 Å². The molecule has 1 atom stereocenters. The molecule has 1 saturated carbocycles. The Morgan fingerprint density at radius 3 is 2.81 bits per heavy atom. The van der Waals surface area contributed by atoms with Crippen LogP contribution in [0.4, 0.5) is 0 Å². The standard InChI is InChI=1S/C19H23ClN4O.ClH/c1-12-4-7-15(9-17(12)20)24-18(13-5-6-13)16(11-22-24)19(25)23-14-3-2-8-21-10-14;/h4,7,9,11,13-14,21H,2-3,5-6,8,10H2,1H3,(H,23,25);1H/t14-;/m0./s1. The van der Waals surface area contributed by atoms with E-state index in [1.54, 1.807) is 6.20 Å². The van der Waals surface area contributed by atoms with Gasteiger partial charge >= 0.3 is 0 Å². The lowest BCUT2D eigenvalue weighted by atomic mass is 10.1. The van der Waals surface area contributed by atoms with E-state index in [9.17, 15) is 4.79 Å². The summed E-state index contributed by atoms with van der Waals surface area (Å²) in [6, 6.07) is 6.11. The smallest absolute Gasteiger partial charge is 0.255 e. The van der Waals surface area contributed by atoms with Crippen LogP contribution in [0, 0.1) is 6.92 Å². The Morgan fingerprint density at radius 2 is 2.15 bits per heavy atom. The van der Waals surface area contributed by atoms with Crippen LogP contribution in [0.25, 0.3) is 5.69 Å². The van der Waals surface area contributed by atoms with Gasteiger partial charge < -0.3 is 10.6 Å². The molecule has 1 aromatic heterocycles. The molecule has 1 amide bonds. The van der Waals surface area contributed by atoms with Crippen LogP contribution in [-0.2, 0) is 0 Å². The van der Waals surface area contributed by atoms with Gasteiger partial charge in [-0.25, -0.2) is 4.68 Å². The van der Waals surface area contributed by atoms with E-state index in [1.165, 1.54) is 0 Å². The summed E-state index contributed by atoms with van der Waals surface area (Å²) in [5.74, 6) is 0.396. The van der Waals surface area contributed by atoms with Gasteiger partial charge in [-0.1, -0.05) is 17.7 Å². The number of nitrogens with zero attached hydrogens (tertiary/aromatic N) is 2. The summed E-state index contributed by atoms with van der Waals surface area (Å²) in [4.78, 5) is 12.8. The SMILES string of the molecule is Cc1ccc(-n2ncc(C(=O)N[C@H]3CCCNC3)c2C2CC2)cc1Cl.Cl. The number of carbonyl (C=O) groups excluding carboxylic acids is 1. The third-order valence-corrected chi connectivity index (χ3v) is 5.45. The Hall–Kier alpha value is -1.56. The summed E-state index contributed by atoms with van der Waals surface area (Å²) < 4.78 is 1.89. The van der Waals surface area contributed by atoms with Gasteiger partial charge in [0.1, 0.15) is 0 Å². The zero-order valence-corrected chi connectivity index (χ0v) is 16.4. The molecule has 140 valence electrons. The second kappa shape index (κ2) is 7.99. The number of nitrogens with one attached hydrogen (secondary N) is 2. The Bertz CT molecular complexity index is 795. The quantitative estimate of drug-likeness (QED) is 0.832. The van der Waals surface area contributed by atoms with E-state index in [2.05, 4.69) is 15.7 Å². The highest BCUT2D eigenvalue weighted by molar-refractivity contribution is 6.31. The van der Waals surface area contributed by atoms with Gasteiger partial charge in [0.25, 0.3) is 5.91 Å². The lowest BCUT2D eigenvalue weighted by molar-refractivity contribution is 0.0929. The van der Waals surface area contributed by atoms with Crippen LogP contribution in [0.15, 0.2) is 24.4 Å². The van der Waals surface area contributed by atoms with Gasteiger partial charge in [0, 0.05) is 23.5 Å². The molecule has 2 heterocycles. The first-order valence-corrected chi connectivity index (χ1v) is 9.37. The second-order valence-corrected chi connectivity index (χ2v) is 7.49. The number of piperidine rings is 1. The van der Waals surface area contributed by atoms with Crippen molar-refractivity contribution in [3.63, 3.8) is 0 Å². The van der Waals surface area contributed by atoms with Gasteiger partial charge in [0.2, 0.25) is 0 Å². The molecule has 1 aliphatic carbocycles. The second-order valence-electron chi connectivity index (χ2n) is 7.08. The Labute approximate surface area is 164 Å². The van der Waals surface area contributed by atoms with Gasteiger partial charge in [-0.3, -0.25) is 4.79 Å². The van der Waals surface area contributed by atoms with Gasteiger partial charge in [-0.15, -0.1) is 12.4 Å². The molecule has 0 spiro atoms. The highest BCUT2D eigenvalue weighted by Crippen LogP contribution is 2.42. The number of hydrogen-bond donors (Lipinski definition) is 2. The molecular weight excluding hydrogens is 371 g/mol. The van der Waals surface area contributed by atoms with Gasteiger partial charge in [0.15, 0.2) is 0 Å². The minimum atomic E-state index is -0.0138. The fourth-order valence-corrected chi connectivity index (χ4v) is 3.61. The van der Waals surface area contributed by atoms with Crippen LogP contribution >= 0.6 is 24.0 Å². The van der Waals surface area contributed by atoms with Crippen LogP contribution in [0.5, 0.6) is 0 Å². The lowest BCUT2D eigenvalue weighted by Crippen LogP contribution is -2.45. The van der Waals surface area contributed by atoms with Crippen molar-refractivity contribution < 1.29 is 4.79 Å². The summed E-state index contributed by atoms with van der Waals surface area (Å²) in [6.07, 6.45) is 6.04. The van der Waals surface area contributed by atoms with Crippen LogP contribution in [-0.4, -0.2) is 34.8 Å². The lowest BCUT2D eigenvalue weighted by Gasteiger charge is -2.23. The number of halogens is 2. The van der Waals surface area contributed by atoms with E-state index in [0.717, 1.165) is 55.7 Å². The van der Waals surface area contributed by atoms with Crippen molar-refractivity contribution >= 4 is 29.9 Å². The molecule has 1 saturated heterocycles. The summed E-state index contributed by atoms with van der Waals surface area (Å²) in [7, 11) is 0. The molecule has 1 aliphatic heterocycles. The molecule has 2 N–H and O–H groups in total. The van der Waals surface area contributed by atoms with Crippen molar-refractivity contribution in [2.75, 3.05) is 13.1 Å². The number of hydrogen-bond acceptors (Lipinski definition) is 3. The van der Waals surface area contributed by atoms with Crippen LogP contribution in [0.2, 0.25) is 5.02 Å². The van der Waals surface area contributed by atoms with Crippen LogP contribution in [0.3, 0.4) is 0 Å². The normalized spacial score (nSPS) is 19.7. The molecule has 0 unspecified atom stereocenters. The van der Waals surface area contributed by atoms with Crippen molar-refractivity contribution in [1.29, 1.82) is 0 Å². The maximum absolute atomic E-state index is 12.8. The topological polar surface area (TPSA) is 59.0 Å². The van der Waals surface area contributed by atoms with E-state index in [0.29, 0.717) is 16.5 Å². The maximum atomic E-state index is 12.8. The summed E-state index contributed by atoms with van der Waals surface area (Å²) >= 11 is 6.28. The van der Waals surface area contributed by atoms with E-state index >= 15 is 0 Å². The third-order valence-electron chi connectivity index (χ3n) is 5.05. The highest BCUT2D eigenvalue weighted by Gasteiger charge is 2.33. The summed E-state index contributed by atoms with van der Waals surface area (Å²) in [5, 5.41) is 11.7. The van der Waals surface area contributed by atoms with Crippen LogP contribution in [0.1, 0.15) is 53.2 Å². The molecule has 0 bridgehead atoms. The number of carbonyl (C=O) groups is 1. The van der Waals surface area contributed by atoms with Crippen LogP contribution < -0.4 is 10.6 Å². The van der Waals surface area contributed by atoms with E-state index in [1.807, 2.05) is 29.8 Å². The number of aryl methyl sites for hydroxylation is 1. The molecular formula is C19H24Cl2N4O.